The quantitative estimate of drug-likeness (QED) is 0.582. The highest BCUT2D eigenvalue weighted by Gasteiger charge is 2.17. The number of unbranched alkanes of at least 4 members (excludes halogenated alkanes) is 1. The Hall–Kier alpha value is -2.07. The first-order chi connectivity index (χ1) is 11.6. The minimum absolute atomic E-state index is 0.00784. The van der Waals surface area contributed by atoms with Crippen molar-refractivity contribution in [1.82, 2.24) is 4.98 Å². The van der Waals surface area contributed by atoms with Crippen LogP contribution < -0.4 is 0 Å². The van der Waals surface area contributed by atoms with Gasteiger partial charge in [-0.25, -0.2) is 0 Å². The molecule has 1 heterocycles. The highest BCUT2D eigenvalue weighted by Crippen LogP contribution is 2.35. The zero-order chi connectivity index (χ0) is 17.1. The number of carbonyl (C=O) groups is 1. The molecule has 3 nitrogen and oxygen atoms in total. The van der Waals surface area contributed by atoms with Crippen molar-refractivity contribution in [2.75, 3.05) is 0 Å². The molecule has 0 amide bonds. The van der Waals surface area contributed by atoms with Crippen LogP contribution in [0.5, 0.6) is 0 Å². The summed E-state index contributed by atoms with van der Waals surface area (Å²) in [6.07, 6.45) is 3.32. The van der Waals surface area contributed by atoms with Gasteiger partial charge in [-0.1, -0.05) is 53.5 Å². The Morgan fingerprint density at radius 2 is 2.00 bits per heavy atom. The van der Waals surface area contributed by atoms with Crippen LogP contribution in [0.1, 0.15) is 30.9 Å². The van der Waals surface area contributed by atoms with Gasteiger partial charge in [0, 0.05) is 20.9 Å². The van der Waals surface area contributed by atoms with Crippen LogP contribution in [0.25, 0.3) is 22.2 Å². The summed E-state index contributed by atoms with van der Waals surface area (Å²) < 4.78 is 0.953. The summed E-state index contributed by atoms with van der Waals surface area (Å²) in [5.74, 6) is -0.817. The van der Waals surface area contributed by atoms with Gasteiger partial charge in [0.15, 0.2) is 0 Å². The predicted molar refractivity (Wildman–Crippen MR) is 101 cm³/mol. The van der Waals surface area contributed by atoms with Crippen LogP contribution in [0, 0.1) is 0 Å². The van der Waals surface area contributed by atoms with E-state index in [1.165, 1.54) is 5.56 Å². The highest BCUT2D eigenvalue weighted by molar-refractivity contribution is 9.10. The fourth-order valence-corrected chi connectivity index (χ4v) is 3.54. The molecule has 0 unspecified atom stereocenters. The number of rotatable bonds is 6. The van der Waals surface area contributed by atoms with Crippen molar-refractivity contribution >= 4 is 32.8 Å². The molecule has 24 heavy (non-hydrogen) atoms. The lowest BCUT2D eigenvalue weighted by Gasteiger charge is -2.06. The molecule has 2 aromatic carbocycles. The van der Waals surface area contributed by atoms with Crippen LogP contribution in [-0.4, -0.2) is 16.1 Å². The summed E-state index contributed by atoms with van der Waals surface area (Å²) in [6.45, 7) is 2.18. The van der Waals surface area contributed by atoms with Gasteiger partial charge in [0.05, 0.1) is 12.1 Å². The van der Waals surface area contributed by atoms with Gasteiger partial charge in [0.1, 0.15) is 0 Å². The highest BCUT2D eigenvalue weighted by atomic mass is 79.9. The van der Waals surface area contributed by atoms with Crippen LogP contribution in [0.4, 0.5) is 0 Å². The smallest absolute Gasteiger partial charge is 0.307 e. The molecule has 0 atom stereocenters. The maximum atomic E-state index is 11.4. The van der Waals surface area contributed by atoms with E-state index in [1.807, 2.05) is 24.3 Å². The average Bonchev–Trinajstić information content (AvgIpc) is 2.90. The Morgan fingerprint density at radius 1 is 1.21 bits per heavy atom. The molecule has 124 valence electrons. The number of aryl methyl sites for hydroxylation is 1. The summed E-state index contributed by atoms with van der Waals surface area (Å²) in [7, 11) is 0. The number of hydrogen-bond acceptors (Lipinski definition) is 1. The van der Waals surface area contributed by atoms with E-state index in [0.717, 1.165) is 51.5 Å². The van der Waals surface area contributed by atoms with Gasteiger partial charge >= 0.3 is 5.97 Å². The van der Waals surface area contributed by atoms with E-state index >= 15 is 0 Å². The molecular formula is C20H20BrNO2. The molecule has 0 aliphatic heterocycles. The fourth-order valence-electron chi connectivity index (χ4n) is 3.06. The third-order valence-electron chi connectivity index (χ3n) is 4.26. The summed E-state index contributed by atoms with van der Waals surface area (Å²) in [4.78, 5) is 14.8. The lowest BCUT2D eigenvalue weighted by atomic mass is 10.00. The first-order valence-electron chi connectivity index (χ1n) is 8.20. The van der Waals surface area contributed by atoms with Crippen molar-refractivity contribution in [2.24, 2.45) is 0 Å². The lowest BCUT2D eigenvalue weighted by Crippen LogP contribution is -2.01. The van der Waals surface area contributed by atoms with E-state index < -0.39 is 5.97 Å². The van der Waals surface area contributed by atoms with Crippen molar-refractivity contribution in [3.8, 4) is 11.3 Å². The van der Waals surface area contributed by atoms with E-state index in [0.29, 0.717) is 0 Å². The van der Waals surface area contributed by atoms with Crippen LogP contribution in [-0.2, 0) is 17.6 Å². The van der Waals surface area contributed by atoms with Crippen LogP contribution in [0.15, 0.2) is 46.9 Å². The summed E-state index contributed by atoms with van der Waals surface area (Å²) in [6, 6.07) is 14.2. The number of carboxylic acid groups (broad SMARTS) is 1. The Labute approximate surface area is 149 Å². The van der Waals surface area contributed by atoms with Gasteiger partial charge in [0.2, 0.25) is 0 Å². The monoisotopic (exact) mass is 385 g/mol. The number of H-pyrrole nitrogens is 1. The number of carboxylic acids is 1. The second-order valence-corrected chi connectivity index (χ2v) is 6.87. The maximum absolute atomic E-state index is 11.4. The van der Waals surface area contributed by atoms with Gasteiger partial charge in [-0.3, -0.25) is 4.79 Å². The van der Waals surface area contributed by atoms with Crippen LogP contribution >= 0.6 is 15.9 Å². The number of fused-ring (bicyclic) bond motifs is 1. The third kappa shape index (κ3) is 3.39. The molecule has 2 N–H and O–H groups in total. The topological polar surface area (TPSA) is 53.1 Å². The number of aromatic nitrogens is 1. The van der Waals surface area contributed by atoms with Gasteiger partial charge in [0.25, 0.3) is 0 Å². The molecule has 4 heteroatoms. The Kier molecular flexibility index (Phi) is 5.05. The number of benzene rings is 2. The molecule has 0 aliphatic carbocycles. The van der Waals surface area contributed by atoms with Gasteiger partial charge in [-0.2, -0.15) is 0 Å². The molecule has 1 aromatic heterocycles. The predicted octanol–water partition coefficient (Wildman–Crippen LogP) is 5.57. The molecule has 0 saturated carbocycles. The third-order valence-corrected chi connectivity index (χ3v) is 4.95. The molecule has 0 fully saturated rings. The number of aromatic amines is 1. The average molecular weight is 386 g/mol. The number of aliphatic carboxylic acids is 1. The zero-order valence-corrected chi connectivity index (χ0v) is 15.2. The minimum Gasteiger partial charge on any atom is -0.481 e. The molecule has 0 spiro atoms. The molecular weight excluding hydrogens is 366 g/mol. The molecule has 0 aliphatic rings. The normalized spacial score (nSPS) is 11.1. The van der Waals surface area contributed by atoms with E-state index in [4.69, 9.17) is 0 Å². The second-order valence-electron chi connectivity index (χ2n) is 6.01. The van der Waals surface area contributed by atoms with Gasteiger partial charge < -0.3 is 10.1 Å². The number of hydrogen-bond donors (Lipinski definition) is 2. The second kappa shape index (κ2) is 7.22. The summed E-state index contributed by atoms with van der Waals surface area (Å²) >= 11 is 3.57. The minimum atomic E-state index is -0.817. The molecule has 0 saturated heterocycles. The van der Waals surface area contributed by atoms with Gasteiger partial charge in [-0.05, 0) is 42.2 Å². The summed E-state index contributed by atoms with van der Waals surface area (Å²) in [5, 5.41) is 10.4. The van der Waals surface area contributed by atoms with E-state index in [-0.39, 0.29) is 6.42 Å². The van der Waals surface area contributed by atoms with Crippen LogP contribution in [0.3, 0.4) is 0 Å². The molecule has 0 bridgehead atoms. The standard InChI is InChI=1S/C20H20BrNO2/c1-2-3-6-13-9-10-18-15(11-13)16(12-19(23)24)20(22-18)14-7-4-5-8-17(14)21/h4-5,7-11,22H,2-3,6,12H2,1H3,(H,23,24). The molecule has 3 rings (SSSR count). The number of halogens is 1. The van der Waals surface area contributed by atoms with E-state index in [9.17, 15) is 9.90 Å². The maximum Gasteiger partial charge on any atom is 0.307 e. The number of nitrogens with one attached hydrogen (secondary N) is 1. The Morgan fingerprint density at radius 3 is 2.71 bits per heavy atom. The van der Waals surface area contributed by atoms with Crippen molar-refractivity contribution < 1.29 is 9.90 Å². The van der Waals surface area contributed by atoms with Crippen LogP contribution in [0.2, 0.25) is 0 Å². The fraction of sp³-hybridized carbons (Fsp3) is 0.250. The molecule has 3 aromatic rings. The SMILES string of the molecule is CCCCc1ccc2[nH]c(-c3ccccc3Br)c(CC(=O)O)c2c1. The first kappa shape index (κ1) is 16.8. The van der Waals surface area contributed by atoms with Gasteiger partial charge in [-0.15, -0.1) is 0 Å². The lowest BCUT2D eigenvalue weighted by molar-refractivity contribution is -0.136. The zero-order valence-electron chi connectivity index (χ0n) is 13.6. The molecule has 0 radical (unpaired) electrons. The van der Waals surface area contributed by atoms with Crippen molar-refractivity contribution in [1.29, 1.82) is 0 Å². The first-order valence-corrected chi connectivity index (χ1v) is 8.99. The van der Waals surface area contributed by atoms with Crippen molar-refractivity contribution in [3.63, 3.8) is 0 Å². The van der Waals surface area contributed by atoms with Crippen molar-refractivity contribution in [2.45, 2.75) is 32.6 Å². The Bertz CT molecular complexity index is 882. The largest absolute Gasteiger partial charge is 0.481 e. The Balaban J connectivity index is 2.18. The van der Waals surface area contributed by atoms with E-state index in [2.05, 4.69) is 46.0 Å². The summed E-state index contributed by atoms with van der Waals surface area (Å²) in [5.41, 5.74) is 4.96. The van der Waals surface area contributed by atoms with E-state index in [1.54, 1.807) is 0 Å². The van der Waals surface area contributed by atoms with Crippen molar-refractivity contribution in [3.05, 3.63) is 58.1 Å².